The van der Waals surface area contributed by atoms with Crippen molar-refractivity contribution in [3.05, 3.63) is 59.4 Å². The minimum Gasteiger partial charge on any atom is -0.481 e. The van der Waals surface area contributed by atoms with Crippen molar-refractivity contribution in [2.24, 2.45) is 0 Å². The number of hydrogen-bond donors (Lipinski definition) is 1. The van der Waals surface area contributed by atoms with Gasteiger partial charge in [-0.25, -0.2) is 0 Å². The summed E-state index contributed by atoms with van der Waals surface area (Å²) in [6, 6.07) is 12.0. The van der Waals surface area contributed by atoms with Gasteiger partial charge in [-0.3, -0.25) is 9.78 Å². The van der Waals surface area contributed by atoms with Crippen molar-refractivity contribution in [1.82, 2.24) is 4.98 Å². The topological polar surface area (TPSA) is 53.4 Å². The van der Waals surface area contributed by atoms with Gasteiger partial charge in [0.1, 0.15) is 0 Å². The van der Waals surface area contributed by atoms with Gasteiger partial charge in [-0.1, -0.05) is 24.3 Å². The number of hydrogen-bond acceptors (Lipinski definition) is 3. The molecule has 0 saturated carbocycles. The summed E-state index contributed by atoms with van der Waals surface area (Å²) in [6.45, 7) is 5.11. The van der Waals surface area contributed by atoms with Gasteiger partial charge >= 0.3 is 5.97 Å². The highest BCUT2D eigenvalue weighted by Gasteiger charge is 2.12. The zero-order valence-corrected chi connectivity index (χ0v) is 12.4. The number of nitrogens with zero attached hydrogens (tertiary/aromatic N) is 2. The summed E-state index contributed by atoms with van der Waals surface area (Å²) in [7, 11) is 0. The number of para-hydroxylation sites is 1. The predicted molar refractivity (Wildman–Crippen MR) is 83.5 cm³/mol. The molecule has 21 heavy (non-hydrogen) atoms. The smallest absolute Gasteiger partial charge is 0.305 e. The van der Waals surface area contributed by atoms with E-state index in [-0.39, 0.29) is 6.42 Å². The number of carboxylic acids is 1. The molecule has 2 rings (SSSR count). The fraction of sp³-hybridized carbons (Fsp3) is 0.294. The van der Waals surface area contributed by atoms with Crippen LogP contribution in [-0.4, -0.2) is 22.6 Å². The van der Waals surface area contributed by atoms with E-state index in [1.54, 1.807) is 0 Å². The lowest BCUT2D eigenvalue weighted by atomic mass is 10.1. The molecule has 1 N–H and O–H groups in total. The number of aliphatic carboxylic acids is 1. The number of carboxylic acid groups (broad SMARTS) is 1. The molecule has 0 radical (unpaired) electrons. The molecule has 0 aliphatic rings. The number of rotatable bonds is 6. The fourth-order valence-corrected chi connectivity index (χ4v) is 2.22. The molecule has 0 bridgehead atoms. The molecule has 1 aromatic carbocycles. The maximum atomic E-state index is 10.9. The second-order valence-electron chi connectivity index (χ2n) is 5.18. The van der Waals surface area contributed by atoms with Crippen LogP contribution in [0.15, 0.2) is 42.6 Å². The monoisotopic (exact) mass is 284 g/mol. The number of anilines is 1. The quantitative estimate of drug-likeness (QED) is 0.885. The molecule has 1 aromatic heterocycles. The van der Waals surface area contributed by atoms with Gasteiger partial charge in [-0.15, -0.1) is 0 Å². The van der Waals surface area contributed by atoms with Crippen LogP contribution in [0.2, 0.25) is 0 Å². The molecular formula is C17H20N2O2. The van der Waals surface area contributed by atoms with Crippen LogP contribution in [0.3, 0.4) is 0 Å². The first kappa shape index (κ1) is 15.0. The Morgan fingerprint density at radius 3 is 2.57 bits per heavy atom. The Hall–Kier alpha value is -2.36. The second kappa shape index (κ2) is 6.88. The number of benzene rings is 1. The van der Waals surface area contributed by atoms with Crippen molar-refractivity contribution in [2.75, 3.05) is 11.4 Å². The van der Waals surface area contributed by atoms with Crippen molar-refractivity contribution in [3.8, 4) is 0 Å². The Morgan fingerprint density at radius 2 is 1.95 bits per heavy atom. The molecule has 0 saturated heterocycles. The highest BCUT2D eigenvalue weighted by atomic mass is 16.4. The van der Waals surface area contributed by atoms with E-state index in [2.05, 4.69) is 9.88 Å². The zero-order valence-electron chi connectivity index (χ0n) is 12.4. The average Bonchev–Trinajstić information content (AvgIpc) is 2.46. The molecule has 110 valence electrons. The van der Waals surface area contributed by atoms with E-state index in [4.69, 9.17) is 5.11 Å². The van der Waals surface area contributed by atoms with Gasteiger partial charge < -0.3 is 10.0 Å². The third-order valence-corrected chi connectivity index (χ3v) is 3.38. The lowest BCUT2D eigenvalue weighted by Crippen LogP contribution is -2.26. The Bertz CT molecular complexity index is 608. The maximum Gasteiger partial charge on any atom is 0.305 e. The largest absolute Gasteiger partial charge is 0.481 e. The van der Waals surface area contributed by atoms with Crippen molar-refractivity contribution < 1.29 is 9.90 Å². The second-order valence-corrected chi connectivity index (χ2v) is 5.18. The van der Waals surface area contributed by atoms with Crippen LogP contribution < -0.4 is 4.90 Å². The predicted octanol–water partition coefficient (Wildman–Crippen LogP) is 3.18. The fourth-order valence-electron chi connectivity index (χ4n) is 2.22. The van der Waals surface area contributed by atoms with Gasteiger partial charge in [0.15, 0.2) is 0 Å². The third-order valence-electron chi connectivity index (χ3n) is 3.38. The summed E-state index contributed by atoms with van der Waals surface area (Å²) in [5, 5.41) is 8.94. The lowest BCUT2D eigenvalue weighted by molar-refractivity contribution is -0.136. The Kier molecular flexibility index (Phi) is 4.93. The van der Waals surface area contributed by atoms with Gasteiger partial charge in [0.2, 0.25) is 0 Å². The standard InChI is InChI=1S/C17H20N2O2/c1-13-7-8-15(18-11-13)12-19(10-9-17(20)21)16-6-4-3-5-14(16)2/h3-8,11H,9-10,12H2,1-2H3,(H,20,21). The summed E-state index contributed by atoms with van der Waals surface area (Å²) in [6.07, 6.45) is 1.95. The SMILES string of the molecule is Cc1ccc(CN(CCC(=O)O)c2ccccc2C)nc1. The molecule has 0 spiro atoms. The van der Waals surface area contributed by atoms with E-state index in [0.29, 0.717) is 13.1 Å². The molecule has 0 amide bonds. The first-order chi connectivity index (χ1) is 10.1. The maximum absolute atomic E-state index is 10.9. The van der Waals surface area contributed by atoms with E-state index < -0.39 is 5.97 Å². The zero-order chi connectivity index (χ0) is 15.2. The normalized spacial score (nSPS) is 10.4. The summed E-state index contributed by atoms with van der Waals surface area (Å²) in [5.74, 6) is -0.787. The molecule has 0 fully saturated rings. The number of pyridine rings is 1. The minimum absolute atomic E-state index is 0.111. The van der Waals surface area contributed by atoms with Crippen LogP contribution >= 0.6 is 0 Å². The summed E-state index contributed by atoms with van der Waals surface area (Å²) < 4.78 is 0. The Balaban J connectivity index is 2.21. The average molecular weight is 284 g/mol. The van der Waals surface area contributed by atoms with E-state index in [9.17, 15) is 4.79 Å². The van der Waals surface area contributed by atoms with Crippen LogP contribution in [-0.2, 0) is 11.3 Å². The summed E-state index contributed by atoms with van der Waals surface area (Å²) in [4.78, 5) is 17.4. The molecule has 4 heteroatoms. The molecule has 0 aliphatic heterocycles. The van der Waals surface area contributed by atoms with E-state index in [1.165, 1.54) is 0 Å². The number of aromatic nitrogens is 1. The van der Waals surface area contributed by atoms with Crippen molar-refractivity contribution in [1.29, 1.82) is 0 Å². The van der Waals surface area contributed by atoms with Gasteiger partial charge in [-0.2, -0.15) is 0 Å². The van der Waals surface area contributed by atoms with Crippen LogP contribution in [0.1, 0.15) is 23.2 Å². The minimum atomic E-state index is -0.787. The van der Waals surface area contributed by atoms with Crippen molar-refractivity contribution in [3.63, 3.8) is 0 Å². The number of carbonyl (C=O) groups is 1. The van der Waals surface area contributed by atoms with Crippen LogP contribution in [0.4, 0.5) is 5.69 Å². The molecule has 0 unspecified atom stereocenters. The van der Waals surface area contributed by atoms with Crippen LogP contribution in [0.25, 0.3) is 0 Å². The van der Waals surface area contributed by atoms with E-state index in [0.717, 1.165) is 22.5 Å². The molecule has 1 heterocycles. The van der Waals surface area contributed by atoms with E-state index in [1.807, 2.05) is 56.4 Å². The summed E-state index contributed by atoms with van der Waals surface area (Å²) >= 11 is 0. The van der Waals surface area contributed by atoms with Gasteiger partial charge in [0.25, 0.3) is 0 Å². The van der Waals surface area contributed by atoms with Crippen LogP contribution in [0.5, 0.6) is 0 Å². The highest BCUT2D eigenvalue weighted by Crippen LogP contribution is 2.21. The highest BCUT2D eigenvalue weighted by molar-refractivity contribution is 5.68. The van der Waals surface area contributed by atoms with Crippen molar-refractivity contribution in [2.45, 2.75) is 26.8 Å². The Morgan fingerprint density at radius 1 is 1.19 bits per heavy atom. The van der Waals surface area contributed by atoms with Crippen LogP contribution in [0, 0.1) is 13.8 Å². The molecular weight excluding hydrogens is 264 g/mol. The number of aryl methyl sites for hydroxylation is 2. The van der Waals surface area contributed by atoms with Crippen molar-refractivity contribution >= 4 is 11.7 Å². The van der Waals surface area contributed by atoms with Gasteiger partial charge in [-0.05, 0) is 37.1 Å². The summed E-state index contributed by atoms with van der Waals surface area (Å²) in [5.41, 5.74) is 4.25. The third kappa shape index (κ3) is 4.31. The Labute approximate surface area is 125 Å². The molecule has 0 aliphatic carbocycles. The molecule has 4 nitrogen and oxygen atoms in total. The van der Waals surface area contributed by atoms with E-state index >= 15 is 0 Å². The van der Waals surface area contributed by atoms with Gasteiger partial charge in [0.05, 0.1) is 18.7 Å². The van der Waals surface area contributed by atoms with Gasteiger partial charge in [0, 0.05) is 18.4 Å². The first-order valence-corrected chi connectivity index (χ1v) is 7.00. The molecule has 0 atom stereocenters. The lowest BCUT2D eigenvalue weighted by Gasteiger charge is -2.25. The molecule has 2 aromatic rings. The first-order valence-electron chi connectivity index (χ1n) is 7.00.